The maximum atomic E-state index is 9.47. The maximum absolute atomic E-state index is 9.47. The molecule has 0 atom stereocenters. The van der Waals surface area contributed by atoms with Gasteiger partial charge < -0.3 is 9.84 Å². The van der Waals surface area contributed by atoms with E-state index in [0.717, 1.165) is 26.8 Å². The lowest BCUT2D eigenvalue weighted by Gasteiger charge is -2.06. The summed E-state index contributed by atoms with van der Waals surface area (Å²) in [4.78, 5) is 0. The summed E-state index contributed by atoms with van der Waals surface area (Å²) in [6.07, 6.45) is 1.88. The van der Waals surface area contributed by atoms with Crippen molar-refractivity contribution >= 4 is 26.8 Å². The Bertz CT molecular complexity index is 752. The van der Waals surface area contributed by atoms with E-state index in [1.807, 2.05) is 24.4 Å². The Morgan fingerprint density at radius 1 is 1.21 bits per heavy atom. The molecule has 0 saturated carbocycles. The highest BCUT2D eigenvalue weighted by molar-refractivity contribution is 9.10. The van der Waals surface area contributed by atoms with Crippen molar-refractivity contribution in [3.8, 4) is 17.2 Å². The van der Waals surface area contributed by atoms with Crippen LogP contribution >= 0.6 is 15.9 Å². The number of aromatic hydroxyl groups is 1. The number of rotatable bonds is 2. The van der Waals surface area contributed by atoms with Crippen molar-refractivity contribution in [2.45, 2.75) is 0 Å². The average Bonchev–Trinajstić information content (AvgIpc) is 2.81. The van der Waals surface area contributed by atoms with Crippen molar-refractivity contribution in [2.75, 3.05) is 7.11 Å². The molecule has 0 unspecified atom stereocenters. The molecule has 3 rings (SSSR count). The predicted molar refractivity (Wildman–Crippen MR) is 77.0 cm³/mol. The number of nitrogens with zero attached hydrogens (tertiary/aromatic N) is 2. The fraction of sp³-hybridized carbons (Fsp3) is 0.0714. The van der Waals surface area contributed by atoms with Gasteiger partial charge in [-0.1, -0.05) is 0 Å². The van der Waals surface area contributed by atoms with Crippen molar-refractivity contribution in [3.05, 3.63) is 47.1 Å². The Labute approximate surface area is 118 Å². The third kappa shape index (κ3) is 2.17. The first-order valence-corrected chi connectivity index (χ1v) is 6.49. The Morgan fingerprint density at radius 2 is 2.05 bits per heavy atom. The van der Waals surface area contributed by atoms with E-state index in [1.165, 1.54) is 0 Å². The van der Waals surface area contributed by atoms with Crippen LogP contribution in [0, 0.1) is 0 Å². The Kier molecular flexibility index (Phi) is 2.91. The highest BCUT2D eigenvalue weighted by Crippen LogP contribution is 2.27. The summed E-state index contributed by atoms with van der Waals surface area (Å²) in [7, 11) is 1.63. The largest absolute Gasteiger partial charge is 0.508 e. The highest BCUT2D eigenvalue weighted by Gasteiger charge is 2.07. The third-order valence-electron chi connectivity index (χ3n) is 2.89. The first-order valence-electron chi connectivity index (χ1n) is 5.70. The molecule has 0 fully saturated rings. The second-order valence-corrected chi connectivity index (χ2v) is 4.99. The number of methoxy groups -OCH3 is 1. The zero-order valence-electron chi connectivity index (χ0n) is 10.2. The molecule has 1 N–H and O–H groups in total. The zero-order chi connectivity index (χ0) is 13.4. The van der Waals surface area contributed by atoms with Gasteiger partial charge in [-0.15, -0.1) is 0 Å². The lowest BCUT2D eigenvalue weighted by atomic mass is 10.2. The molecule has 3 aromatic rings. The molecule has 96 valence electrons. The Morgan fingerprint density at radius 3 is 2.79 bits per heavy atom. The highest BCUT2D eigenvalue weighted by atomic mass is 79.9. The summed E-state index contributed by atoms with van der Waals surface area (Å²) >= 11 is 3.51. The SMILES string of the molecule is COc1ccc(-n2cc3cc(O)ccc3n2)c(Br)c1. The van der Waals surface area contributed by atoms with Crippen LogP contribution < -0.4 is 4.74 Å². The molecule has 1 heterocycles. The first-order chi connectivity index (χ1) is 9.17. The minimum Gasteiger partial charge on any atom is -0.508 e. The monoisotopic (exact) mass is 318 g/mol. The lowest BCUT2D eigenvalue weighted by Crippen LogP contribution is -1.96. The minimum absolute atomic E-state index is 0.237. The van der Waals surface area contributed by atoms with Gasteiger partial charge in [0.2, 0.25) is 0 Å². The number of phenols is 1. The number of benzene rings is 2. The molecule has 0 saturated heterocycles. The smallest absolute Gasteiger partial charge is 0.120 e. The van der Waals surface area contributed by atoms with Crippen LogP contribution in [0.3, 0.4) is 0 Å². The van der Waals surface area contributed by atoms with E-state index >= 15 is 0 Å². The minimum atomic E-state index is 0.237. The summed E-state index contributed by atoms with van der Waals surface area (Å²) in [6.45, 7) is 0. The molecule has 0 amide bonds. The van der Waals surface area contributed by atoms with Crippen molar-refractivity contribution in [3.63, 3.8) is 0 Å². The summed E-state index contributed by atoms with van der Waals surface area (Å²) in [5, 5.41) is 14.8. The molecular formula is C14H11BrN2O2. The fourth-order valence-corrected chi connectivity index (χ4v) is 2.48. The van der Waals surface area contributed by atoms with E-state index in [9.17, 15) is 5.11 Å². The number of hydrogen-bond donors (Lipinski definition) is 1. The van der Waals surface area contributed by atoms with Gasteiger partial charge in [-0.05, 0) is 52.3 Å². The third-order valence-corrected chi connectivity index (χ3v) is 3.52. The quantitative estimate of drug-likeness (QED) is 0.786. The van der Waals surface area contributed by atoms with Crippen LogP contribution in [0.4, 0.5) is 0 Å². The van der Waals surface area contributed by atoms with Crippen LogP contribution in [0.5, 0.6) is 11.5 Å². The van der Waals surface area contributed by atoms with E-state index in [0.29, 0.717) is 0 Å². The molecular weight excluding hydrogens is 308 g/mol. The average molecular weight is 319 g/mol. The topological polar surface area (TPSA) is 47.3 Å². The van der Waals surface area contributed by atoms with E-state index in [1.54, 1.807) is 30.0 Å². The lowest BCUT2D eigenvalue weighted by molar-refractivity contribution is 0.414. The van der Waals surface area contributed by atoms with Crippen molar-refractivity contribution in [2.24, 2.45) is 0 Å². The number of hydrogen-bond acceptors (Lipinski definition) is 3. The second-order valence-electron chi connectivity index (χ2n) is 4.13. The Hall–Kier alpha value is -2.01. The number of aromatic nitrogens is 2. The molecule has 5 heteroatoms. The van der Waals surface area contributed by atoms with Gasteiger partial charge >= 0.3 is 0 Å². The number of fused-ring (bicyclic) bond motifs is 1. The van der Waals surface area contributed by atoms with Gasteiger partial charge in [0.05, 0.1) is 18.3 Å². The van der Waals surface area contributed by atoms with E-state index in [-0.39, 0.29) is 5.75 Å². The number of ether oxygens (including phenoxy) is 1. The van der Waals surface area contributed by atoms with E-state index in [4.69, 9.17) is 4.74 Å². The van der Waals surface area contributed by atoms with Gasteiger partial charge in [-0.25, -0.2) is 4.68 Å². The van der Waals surface area contributed by atoms with Crippen LogP contribution in [0.2, 0.25) is 0 Å². The van der Waals surface area contributed by atoms with Gasteiger partial charge in [0, 0.05) is 16.1 Å². The molecule has 0 aliphatic heterocycles. The van der Waals surface area contributed by atoms with Gasteiger partial charge in [0.1, 0.15) is 11.5 Å². The van der Waals surface area contributed by atoms with Crippen LogP contribution in [-0.2, 0) is 0 Å². The molecule has 0 spiro atoms. The maximum Gasteiger partial charge on any atom is 0.120 e. The van der Waals surface area contributed by atoms with Gasteiger partial charge in [-0.3, -0.25) is 0 Å². The zero-order valence-corrected chi connectivity index (χ0v) is 11.8. The normalized spacial score (nSPS) is 10.8. The molecule has 0 aliphatic rings. The Balaban J connectivity index is 2.13. The van der Waals surface area contributed by atoms with Crippen molar-refractivity contribution < 1.29 is 9.84 Å². The second kappa shape index (κ2) is 4.59. The van der Waals surface area contributed by atoms with Gasteiger partial charge in [0.25, 0.3) is 0 Å². The molecule has 0 bridgehead atoms. The van der Waals surface area contributed by atoms with Crippen molar-refractivity contribution in [1.29, 1.82) is 0 Å². The van der Waals surface area contributed by atoms with Crippen LogP contribution in [0.1, 0.15) is 0 Å². The van der Waals surface area contributed by atoms with Crippen LogP contribution in [-0.4, -0.2) is 22.0 Å². The summed E-state index contributed by atoms with van der Waals surface area (Å²) in [5.41, 5.74) is 1.75. The van der Waals surface area contributed by atoms with Crippen LogP contribution in [0.25, 0.3) is 16.6 Å². The van der Waals surface area contributed by atoms with Gasteiger partial charge in [0.15, 0.2) is 0 Å². The molecule has 1 aromatic heterocycles. The molecule has 0 radical (unpaired) electrons. The standard InChI is InChI=1S/C14H11BrN2O2/c1-19-11-3-5-14(12(15)7-11)17-8-9-6-10(18)2-4-13(9)16-17/h2-8,18H,1H3. The summed E-state index contributed by atoms with van der Waals surface area (Å²) in [5.74, 6) is 1.02. The molecule has 2 aromatic carbocycles. The first kappa shape index (κ1) is 12.0. The summed E-state index contributed by atoms with van der Waals surface area (Å²) in [6, 6.07) is 10.8. The van der Waals surface area contributed by atoms with E-state index in [2.05, 4.69) is 21.0 Å². The fourth-order valence-electron chi connectivity index (χ4n) is 1.94. The molecule has 0 aliphatic carbocycles. The van der Waals surface area contributed by atoms with Gasteiger partial charge in [-0.2, -0.15) is 5.10 Å². The summed E-state index contributed by atoms with van der Waals surface area (Å²) < 4.78 is 7.83. The number of halogens is 1. The molecule has 4 nitrogen and oxygen atoms in total. The predicted octanol–water partition coefficient (Wildman–Crippen LogP) is 3.50. The van der Waals surface area contributed by atoms with Crippen molar-refractivity contribution in [1.82, 2.24) is 9.78 Å². The van der Waals surface area contributed by atoms with Crippen LogP contribution in [0.15, 0.2) is 47.1 Å². The van der Waals surface area contributed by atoms with E-state index < -0.39 is 0 Å². The molecule has 19 heavy (non-hydrogen) atoms. The number of phenolic OH excluding ortho intramolecular Hbond substituents is 1.